The van der Waals surface area contributed by atoms with Gasteiger partial charge in [-0.05, 0) is 51.5 Å². The van der Waals surface area contributed by atoms with Crippen LogP contribution in [0.5, 0.6) is 0 Å². The van der Waals surface area contributed by atoms with Crippen LogP contribution in [0.15, 0.2) is 10.5 Å². The number of esters is 1. The van der Waals surface area contributed by atoms with E-state index in [4.69, 9.17) is 4.74 Å². The maximum atomic E-state index is 12.7. The lowest BCUT2D eigenvalue weighted by Gasteiger charge is -2.08. The molecule has 0 aliphatic rings. The third-order valence-corrected chi connectivity index (χ3v) is 4.33. The Bertz CT molecular complexity index is 429. The first-order valence-electron chi connectivity index (χ1n) is 4.74. The molecule has 17 heavy (non-hydrogen) atoms. The van der Waals surface area contributed by atoms with Crippen molar-refractivity contribution in [2.45, 2.75) is 19.8 Å². The zero-order valence-corrected chi connectivity index (χ0v) is 12.6. The average Bonchev–Trinajstić information content (AvgIpc) is 2.23. The van der Waals surface area contributed by atoms with Crippen LogP contribution in [0.4, 0.5) is 8.78 Å². The van der Waals surface area contributed by atoms with Crippen molar-refractivity contribution in [3.8, 4) is 0 Å². The van der Waals surface area contributed by atoms with Crippen LogP contribution >= 0.6 is 38.5 Å². The molecule has 0 radical (unpaired) electrons. The molecule has 0 spiro atoms. The van der Waals surface area contributed by atoms with Crippen LogP contribution in [-0.4, -0.2) is 17.6 Å². The quantitative estimate of drug-likeness (QED) is 0.554. The summed E-state index contributed by atoms with van der Waals surface area (Å²) < 4.78 is 30.9. The lowest BCUT2D eigenvalue weighted by Crippen LogP contribution is -2.10. The Labute approximate surface area is 119 Å². The minimum absolute atomic E-state index is 0.108. The summed E-state index contributed by atoms with van der Waals surface area (Å²) in [5.74, 6) is -0.478. The molecule has 3 nitrogen and oxygen atoms in total. The summed E-state index contributed by atoms with van der Waals surface area (Å²) in [5, 5.41) is 0. The van der Waals surface area contributed by atoms with Crippen LogP contribution in [0.25, 0.3) is 0 Å². The maximum Gasteiger partial charge on any atom is 0.311 e. The van der Waals surface area contributed by atoms with Gasteiger partial charge in [-0.25, -0.2) is 8.78 Å². The highest BCUT2D eigenvalue weighted by atomic mass is 127. The fourth-order valence-corrected chi connectivity index (χ4v) is 2.14. The molecule has 0 atom stereocenters. The topological polar surface area (TPSA) is 39.2 Å². The Morgan fingerprint density at radius 2 is 2.29 bits per heavy atom. The van der Waals surface area contributed by atoms with E-state index >= 15 is 0 Å². The van der Waals surface area contributed by atoms with E-state index in [0.29, 0.717) is 8.04 Å². The highest BCUT2D eigenvalue weighted by Crippen LogP contribution is 2.29. The Hall–Kier alpha value is -0.310. The minimum Gasteiger partial charge on any atom is -0.466 e. The number of hydrogen-bond acceptors (Lipinski definition) is 3. The summed E-state index contributed by atoms with van der Waals surface area (Å²) in [7, 11) is 0. The van der Waals surface area contributed by atoms with E-state index < -0.39 is 12.4 Å². The number of halogens is 4. The number of nitrogens with zero attached hydrogens (tertiary/aromatic N) is 1. The maximum absolute atomic E-state index is 12.7. The molecule has 0 saturated carbocycles. The summed E-state index contributed by atoms with van der Waals surface area (Å²) in [4.78, 5) is 15.0. The highest BCUT2D eigenvalue weighted by molar-refractivity contribution is 14.1. The molecule has 0 N–H and O–H groups in total. The summed E-state index contributed by atoms with van der Waals surface area (Å²) in [5.41, 5.74) is -0.0506. The number of carbonyl (C=O) groups excluding carboxylic acids is 1. The Kier molecular flexibility index (Phi) is 5.71. The van der Waals surface area contributed by atoms with Gasteiger partial charge in [0, 0.05) is 4.47 Å². The third kappa shape index (κ3) is 4.13. The van der Waals surface area contributed by atoms with Crippen LogP contribution in [0.2, 0.25) is 0 Å². The summed E-state index contributed by atoms with van der Waals surface area (Å²) in [6, 6.07) is 1.55. The molecule has 0 amide bonds. The van der Waals surface area contributed by atoms with Crippen LogP contribution < -0.4 is 0 Å². The predicted octanol–water partition coefficient (Wildman–Crippen LogP) is 3.49. The fourth-order valence-electron chi connectivity index (χ4n) is 1.16. The smallest absolute Gasteiger partial charge is 0.311 e. The molecule has 0 fully saturated rings. The van der Waals surface area contributed by atoms with Gasteiger partial charge in [0.25, 0.3) is 6.43 Å². The Morgan fingerprint density at radius 1 is 1.65 bits per heavy atom. The molecule has 1 aromatic rings. The van der Waals surface area contributed by atoms with Gasteiger partial charge >= 0.3 is 5.97 Å². The van der Waals surface area contributed by atoms with E-state index in [2.05, 4.69) is 20.9 Å². The van der Waals surface area contributed by atoms with E-state index in [1.807, 2.05) is 0 Å². The molecule has 1 heterocycles. The van der Waals surface area contributed by atoms with Gasteiger partial charge in [-0.3, -0.25) is 9.78 Å². The highest BCUT2D eigenvalue weighted by Gasteiger charge is 2.18. The zero-order valence-electron chi connectivity index (χ0n) is 8.84. The molecule has 1 rings (SSSR count). The number of rotatable bonds is 4. The summed E-state index contributed by atoms with van der Waals surface area (Å²) in [6.07, 6.45) is -2.77. The van der Waals surface area contributed by atoms with E-state index in [-0.39, 0.29) is 24.4 Å². The number of aromatic nitrogens is 1. The lowest BCUT2D eigenvalue weighted by molar-refractivity contribution is -0.142. The second-order valence-electron chi connectivity index (χ2n) is 3.08. The van der Waals surface area contributed by atoms with E-state index in [1.165, 1.54) is 0 Å². The van der Waals surface area contributed by atoms with Crippen molar-refractivity contribution in [2.24, 2.45) is 0 Å². The van der Waals surface area contributed by atoms with Crippen LogP contribution in [0.1, 0.15) is 24.7 Å². The standard InChI is InChI=1S/C10H9BrF2INO2/c1-2-17-7(16)4-5-3-6(11)8(14)9(15-5)10(12)13/h3,10H,2,4H2,1H3. The number of pyridine rings is 1. The fraction of sp³-hybridized carbons (Fsp3) is 0.400. The molecule has 0 aliphatic carbocycles. The molecule has 7 heteroatoms. The van der Waals surface area contributed by atoms with Crippen molar-refractivity contribution >= 4 is 44.5 Å². The van der Waals surface area contributed by atoms with Crippen molar-refractivity contribution in [2.75, 3.05) is 6.61 Å². The van der Waals surface area contributed by atoms with Crippen molar-refractivity contribution in [3.63, 3.8) is 0 Å². The van der Waals surface area contributed by atoms with Gasteiger partial charge in [0.1, 0.15) is 5.69 Å². The van der Waals surface area contributed by atoms with Gasteiger partial charge in [-0.1, -0.05) is 0 Å². The van der Waals surface area contributed by atoms with Crippen molar-refractivity contribution < 1.29 is 18.3 Å². The first-order chi connectivity index (χ1) is 7.95. The van der Waals surface area contributed by atoms with Gasteiger partial charge in [0.2, 0.25) is 0 Å². The average molecular weight is 420 g/mol. The van der Waals surface area contributed by atoms with Gasteiger partial charge < -0.3 is 4.74 Å². The second kappa shape index (κ2) is 6.58. The number of ether oxygens (including phenoxy) is 1. The second-order valence-corrected chi connectivity index (χ2v) is 5.01. The van der Waals surface area contributed by atoms with Crippen LogP contribution in [0.3, 0.4) is 0 Å². The molecule has 0 saturated heterocycles. The van der Waals surface area contributed by atoms with Crippen molar-refractivity contribution in [3.05, 3.63) is 25.5 Å². The molecule has 94 valence electrons. The lowest BCUT2D eigenvalue weighted by atomic mass is 10.2. The zero-order chi connectivity index (χ0) is 13.0. The summed E-state index contributed by atoms with van der Waals surface area (Å²) >= 11 is 4.94. The first-order valence-corrected chi connectivity index (χ1v) is 6.61. The molecular formula is C10H9BrF2INO2. The number of hydrogen-bond donors (Lipinski definition) is 0. The van der Waals surface area contributed by atoms with Gasteiger partial charge in [-0.2, -0.15) is 0 Å². The van der Waals surface area contributed by atoms with Crippen molar-refractivity contribution in [1.29, 1.82) is 0 Å². The Balaban J connectivity index is 2.98. The van der Waals surface area contributed by atoms with Crippen LogP contribution in [0, 0.1) is 3.57 Å². The summed E-state index contributed by atoms with van der Waals surface area (Å²) in [6.45, 7) is 1.94. The number of carbonyl (C=O) groups is 1. The SMILES string of the molecule is CCOC(=O)Cc1cc(Br)c(I)c(C(F)F)n1. The predicted molar refractivity (Wildman–Crippen MR) is 69.9 cm³/mol. The van der Waals surface area contributed by atoms with E-state index in [0.717, 1.165) is 0 Å². The van der Waals surface area contributed by atoms with Crippen molar-refractivity contribution in [1.82, 2.24) is 4.98 Å². The molecule has 1 aromatic heterocycles. The molecule has 0 aliphatic heterocycles. The molecule has 0 bridgehead atoms. The number of alkyl halides is 2. The normalized spacial score (nSPS) is 10.7. The Morgan fingerprint density at radius 3 is 2.82 bits per heavy atom. The van der Waals surface area contributed by atoms with Crippen LogP contribution in [-0.2, 0) is 16.0 Å². The van der Waals surface area contributed by atoms with E-state index in [1.54, 1.807) is 35.6 Å². The van der Waals surface area contributed by atoms with E-state index in [9.17, 15) is 13.6 Å². The first kappa shape index (κ1) is 14.7. The molecule has 0 unspecified atom stereocenters. The minimum atomic E-state index is -2.67. The third-order valence-electron chi connectivity index (χ3n) is 1.83. The van der Waals surface area contributed by atoms with Gasteiger partial charge in [0.05, 0.1) is 22.3 Å². The molecule has 0 aromatic carbocycles. The monoisotopic (exact) mass is 419 g/mol. The van der Waals surface area contributed by atoms with Gasteiger partial charge in [0.15, 0.2) is 0 Å². The van der Waals surface area contributed by atoms with Gasteiger partial charge in [-0.15, -0.1) is 0 Å². The molecular weight excluding hydrogens is 411 g/mol. The largest absolute Gasteiger partial charge is 0.466 e.